The van der Waals surface area contributed by atoms with Crippen molar-refractivity contribution in [2.75, 3.05) is 7.11 Å². The molecule has 1 heterocycles. The molecule has 4 nitrogen and oxygen atoms in total. The molecule has 0 radical (unpaired) electrons. The Morgan fingerprint density at radius 3 is 2.07 bits per heavy atom. The molecule has 0 aliphatic carbocycles. The van der Waals surface area contributed by atoms with Gasteiger partial charge in [0.15, 0.2) is 0 Å². The lowest BCUT2D eigenvalue weighted by Gasteiger charge is -2.32. The number of hydrogen-bond acceptors (Lipinski definition) is 4. The van der Waals surface area contributed by atoms with E-state index in [0.29, 0.717) is 18.3 Å². The van der Waals surface area contributed by atoms with Crippen LogP contribution >= 0.6 is 0 Å². The Kier molecular flexibility index (Phi) is 5.78. The van der Waals surface area contributed by atoms with Gasteiger partial charge in [-0.05, 0) is 50.8 Å². The lowest BCUT2D eigenvalue weighted by molar-refractivity contribution is 0.00578. The molecule has 1 aliphatic heterocycles. The van der Waals surface area contributed by atoms with Crippen molar-refractivity contribution in [2.45, 2.75) is 65.3 Å². The molecule has 0 unspecified atom stereocenters. The molecule has 0 aromatic heterocycles. The molecule has 5 heteroatoms. The van der Waals surface area contributed by atoms with E-state index in [-0.39, 0.29) is 11.2 Å². The van der Waals surface area contributed by atoms with E-state index >= 15 is 0 Å². The van der Waals surface area contributed by atoms with Crippen LogP contribution in [0.1, 0.15) is 58.6 Å². The highest BCUT2D eigenvalue weighted by atomic mass is 16.7. The van der Waals surface area contributed by atoms with Crippen LogP contribution in [0.4, 0.5) is 0 Å². The molecule has 0 bridgehead atoms. The molecule has 1 fully saturated rings. The molecule has 0 amide bonds. The molecular formula is C23H31BO4. The lowest BCUT2D eigenvalue weighted by atomic mass is 9.78. The Hall–Kier alpha value is -1.98. The maximum atomic E-state index is 6.15. The average Bonchev–Trinajstić information content (AvgIpc) is 2.87. The second-order valence-corrected chi connectivity index (χ2v) is 8.68. The van der Waals surface area contributed by atoms with E-state index in [1.54, 1.807) is 7.11 Å². The van der Waals surface area contributed by atoms with Gasteiger partial charge in [0.05, 0.1) is 18.3 Å². The maximum absolute atomic E-state index is 6.15. The highest BCUT2D eigenvalue weighted by Gasteiger charge is 2.52. The van der Waals surface area contributed by atoms with Crippen molar-refractivity contribution in [3.8, 4) is 11.5 Å². The van der Waals surface area contributed by atoms with Crippen LogP contribution < -0.4 is 14.9 Å². The van der Waals surface area contributed by atoms with Gasteiger partial charge in [-0.2, -0.15) is 0 Å². The standard InChI is InChI=1S/C23H31BO4/c1-16(2)18-10-8-17(9-11-18)15-26-19-12-13-20(21(14-19)25-7)24-27-22(3,4)23(5,6)28-24/h8-14,16H,15H2,1-7H3. The van der Waals surface area contributed by atoms with E-state index in [0.717, 1.165) is 16.8 Å². The molecule has 2 aromatic rings. The first-order valence-corrected chi connectivity index (χ1v) is 9.88. The third kappa shape index (κ3) is 4.21. The number of benzene rings is 2. The van der Waals surface area contributed by atoms with Gasteiger partial charge in [0.2, 0.25) is 0 Å². The van der Waals surface area contributed by atoms with Crippen LogP contribution in [-0.2, 0) is 15.9 Å². The van der Waals surface area contributed by atoms with E-state index in [4.69, 9.17) is 18.8 Å². The molecule has 0 saturated carbocycles. The molecule has 0 spiro atoms. The van der Waals surface area contributed by atoms with Gasteiger partial charge >= 0.3 is 7.12 Å². The van der Waals surface area contributed by atoms with Crippen LogP contribution in [0.2, 0.25) is 0 Å². The molecule has 0 atom stereocenters. The Bertz CT molecular complexity index is 796. The Morgan fingerprint density at radius 1 is 0.929 bits per heavy atom. The van der Waals surface area contributed by atoms with Crippen molar-refractivity contribution in [1.82, 2.24) is 0 Å². The first-order chi connectivity index (χ1) is 13.1. The summed E-state index contributed by atoms with van der Waals surface area (Å²) < 4.78 is 23.9. The van der Waals surface area contributed by atoms with Crippen molar-refractivity contribution in [2.24, 2.45) is 0 Å². The fraction of sp³-hybridized carbons (Fsp3) is 0.478. The van der Waals surface area contributed by atoms with Gasteiger partial charge < -0.3 is 18.8 Å². The molecular weight excluding hydrogens is 351 g/mol. The molecule has 28 heavy (non-hydrogen) atoms. The summed E-state index contributed by atoms with van der Waals surface area (Å²) in [7, 11) is 1.19. The van der Waals surface area contributed by atoms with Crippen LogP contribution in [0.15, 0.2) is 42.5 Å². The molecule has 0 N–H and O–H groups in total. The second kappa shape index (κ2) is 7.80. The normalized spacial score (nSPS) is 17.8. The lowest BCUT2D eigenvalue weighted by Crippen LogP contribution is -2.41. The molecule has 150 valence electrons. The Balaban J connectivity index is 1.71. The monoisotopic (exact) mass is 382 g/mol. The fourth-order valence-corrected chi connectivity index (χ4v) is 3.11. The zero-order chi connectivity index (χ0) is 20.5. The third-order valence-electron chi connectivity index (χ3n) is 5.76. The Labute approximate surface area is 169 Å². The van der Waals surface area contributed by atoms with Crippen molar-refractivity contribution < 1.29 is 18.8 Å². The predicted octanol–water partition coefficient (Wildman–Crippen LogP) is 4.70. The van der Waals surface area contributed by atoms with Gasteiger partial charge in [-0.1, -0.05) is 44.2 Å². The first kappa shape index (κ1) is 20.8. The predicted molar refractivity (Wildman–Crippen MR) is 114 cm³/mol. The van der Waals surface area contributed by atoms with Gasteiger partial charge in [0, 0.05) is 11.5 Å². The van der Waals surface area contributed by atoms with Gasteiger partial charge in [0.25, 0.3) is 0 Å². The van der Waals surface area contributed by atoms with Crippen molar-refractivity contribution >= 4 is 12.6 Å². The van der Waals surface area contributed by atoms with Crippen LogP contribution in [0.5, 0.6) is 11.5 Å². The summed E-state index contributed by atoms with van der Waals surface area (Å²) in [6, 6.07) is 14.3. The molecule has 1 aliphatic rings. The summed E-state index contributed by atoms with van der Waals surface area (Å²) in [6.45, 7) is 13.1. The molecule has 2 aromatic carbocycles. The Morgan fingerprint density at radius 2 is 1.54 bits per heavy atom. The second-order valence-electron chi connectivity index (χ2n) is 8.68. The topological polar surface area (TPSA) is 36.9 Å². The number of methoxy groups -OCH3 is 1. The zero-order valence-electron chi connectivity index (χ0n) is 18.0. The highest BCUT2D eigenvalue weighted by molar-refractivity contribution is 6.63. The van der Waals surface area contributed by atoms with Crippen molar-refractivity contribution in [3.63, 3.8) is 0 Å². The number of ether oxygens (including phenoxy) is 2. The minimum Gasteiger partial charge on any atom is -0.497 e. The van der Waals surface area contributed by atoms with Crippen LogP contribution in [0.3, 0.4) is 0 Å². The van der Waals surface area contributed by atoms with Crippen LogP contribution in [-0.4, -0.2) is 25.4 Å². The summed E-state index contributed by atoms with van der Waals surface area (Å²) in [5, 5.41) is 0. The van der Waals surface area contributed by atoms with Crippen LogP contribution in [0, 0.1) is 0 Å². The van der Waals surface area contributed by atoms with Crippen molar-refractivity contribution in [3.05, 3.63) is 53.6 Å². The zero-order valence-corrected chi connectivity index (χ0v) is 18.0. The summed E-state index contributed by atoms with van der Waals surface area (Å²) in [5.41, 5.74) is 2.56. The van der Waals surface area contributed by atoms with Gasteiger partial charge in [0.1, 0.15) is 18.1 Å². The summed E-state index contributed by atoms with van der Waals surface area (Å²) >= 11 is 0. The molecule has 3 rings (SSSR count). The summed E-state index contributed by atoms with van der Waals surface area (Å²) in [5.74, 6) is 1.98. The first-order valence-electron chi connectivity index (χ1n) is 9.88. The third-order valence-corrected chi connectivity index (χ3v) is 5.76. The van der Waals surface area contributed by atoms with Gasteiger partial charge in [-0.25, -0.2) is 0 Å². The quantitative estimate of drug-likeness (QED) is 0.679. The van der Waals surface area contributed by atoms with Crippen LogP contribution in [0.25, 0.3) is 0 Å². The minimum atomic E-state index is -0.461. The number of hydrogen-bond donors (Lipinski definition) is 0. The summed E-state index contributed by atoms with van der Waals surface area (Å²) in [6.07, 6.45) is 0. The van der Waals surface area contributed by atoms with E-state index in [1.165, 1.54) is 5.56 Å². The number of rotatable bonds is 6. The van der Waals surface area contributed by atoms with E-state index in [2.05, 4.69) is 38.1 Å². The SMILES string of the molecule is COc1cc(OCc2ccc(C(C)C)cc2)ccc1B1OC(C)(C)C(C)(C)O1. The van der Waals surface area contributed by atoms with E-state index < -0.39 is 7.12 Å². The minimum absolute atomic E-state index is 0.389. The largest absolute Gasteiger partial charge is 0.498 e. The average molecular weight is 382 g/mol. The van der Waals surface area contributed by atoms with E-state index in [9.17, 15) is 0 Å². The molecule has 1 saturated heterocycles. The van der Waals surface area contributed by atoms with Gasteiger partial charge in [-0.15, -0.1) is 0 Å². The van der Waals surface area contributed by atoms with E-state index in [1.807, 2.05) is 45.9 Å². The van der Waals surface area contributed by atoms with Crippen molar-refractivity contribution in [1.29, 1.82) is 0 Å². The highest BCUT2D eigenvalue weighted by Crippen LogP contribution is 2.37. The summed E-state index contributed by atoms with van der Waals surface area (Å²) in [4.78, 5) is 0. The smallest absolute Gasteiger partial charge is 0.497 e. The maximum Gasteiger partial charge on any atom is 0.498 e. The van der Waals surface area contributed by atoms with Gasteiger partial charge in [-0.3, -0.25) is 0 Å². The fourth-order valence-electron chi connectivity index (χ4n) is 3.11.